The fourth-order valence-corrected chi connectivity index (χ4v) is 2.89. The summed E-state index contributed by atoms with van der Waals surface area (Å²) in [7, 11) is -3.23. The third-order valence-corrected chi connectivity index (χ3v) is 4.98. The average molecular weight is 352 g/mol. The highest BCUT2D eigenvalue weighted by Crippen LogP contribution is 2.18. The molecule has 0 spiro atoms. The molecule has 0 radical (unpaired) electrons. The molecule has 0 aliphatic heterocycles. The highest BCUT2D eigenvalue weighted by molar-refractivity contribution is 7.90. The second kappa shape index (κ2) is 7.15. The molecule has 6 heteroatoms. The van der Waals surface area contributed by atoms with Crippen LogP contribution in [0.15, 0.2) is 47.4 Å². The molecule has 0 aliphatic rings. The van der Waals surface area contributed by atoms with Crippen LogP contribution in [0.3, 0.4) is 0 Å². The first-order valence-electron chi connectivity index (χ1n) is 7.11. The number of rotatable bonds is 5. The molecule has 0 bridgehead atoms. The van der Waals surface area contributed by atoms with Gasteiger partial charge in [-0.2, -0.15) is 0 Å². The van der Waals surface area contributed by atoms with Crippen molar-refractivity contribution in [1.29, 1.82) is 0 Å². The Balaban J connectivity index is 1.93. The average Bonchev–Trinajstić information content (AvgIpc) is 2.48. The molecule has 0 unspecified atom stereocenters. The quantitative estimate of drug-likeness (QED) is 0.894. The van der Waals surface area contributed by atoms with Crippen LogP contribution in [0.1, 0.15) is 17.5 Å². The predicted molar refractivity (Wildman–Crippen MR) is 92.7 cm³/mol. The van der Waals surface area contributed by atoms with Crippen LogP contribution in [-0.4, -0.2) is 20.6 Å². The second-order valence-corrected chi connectivity index (χ2v) is 7.85. The summed E-state index contributed by atoms with van der Waals surface area (Å²) in [6.07, 6.45) is 2.06. The summed E-state index contributed by atoms with van der Waals surface area (Å²) in [4.78, 5) is 12.2. The van der Waals surface area contributed by atoms with Gasteiger partial charge in [-0.25, -0.2) is 8.42 Å². The van der Waals surface area contributed by atoms with Crippen LogP contribution in [0.2, 0.25) is 5.02 Å². The molecule has 0 atom stereocenters. The standard InChI is InChI=1S/C17H18ClNO3S/c1-12-3-4-13(11-16(12)18)5-10-17(20)19-14-6-8-15(9-7-14)23(2,21)22/h3-4,6-9,11H,5,10H2,1-2H3,(H,19,20). The minimum absolute atomic E-state index is 0.131. The van der Waals surface area contributed by atoms with Crippen molar-refractivity contribution < 1.29 is 13.2 Å². The number of carbonyl (C=O) groups excluding carboxylic acids is 1. The van der Waals surface area contributed by atoms with E-state index in [4.69, 9.17) is 11.6 Å². The summed E-state index contributed by atoms with van der Waals surface area (Å²) < 4.78 is 22.8. The maximum absolute atomic E-state index is 12.0. The van der Waals surface area contributed by atoms with Crippen LogP contribution < -0.4 is 5.32 Å². The second-order valence-electron chi connectivity index (χ2n) is 5.43. The van der Waals surface area contributed by atoms with E-state index in [0.717, 1.165) is 17.4 Å². The highest BCUT2D eigenvalue weighted by atomic mass is 35.5. The third-order valence-electron chi connectivity index (χ3n) is 3.44. The number of aryl methyl sites for hydroxylation is 2. The summed E-state index contributed by atoms with van der Waals surface area (Å²) in [5.74, 6) is -0.131. The lowest BCUT2D eigenvalue weighted by Crippen LogP contribution is -2.12. The van der Waals surface area contributed by atoms with E-state index in [1.54, 1.807) is 12.1 Å². The molecule has 2 rings (SSSR count). The summed E-state index contributed by atoms with van der Waals surface area (Å²) in [5, 5.41) is 3.44. The first-order valence-corrected chi connectivity index (χ1v) is 9.37. The van der Waals surface area contributed by atoms with Crippen molar-refractivity contribution >= 4 is 33.0 Å². The van der Waals surface area contributed by atoms with Crippen molar-refractivity contribution in [1.82, 2.24) is 0 Å². The van der Waals surface area contributed by atoms with E-state index in [0.29, 0.717) is 23.6 Å². The van der Waals surface area contributed by atoms with Gasteiger partial charge in [0.1, 0.15) is 0 Å². The Hall–Kier alpha value is -1.85. The number of benzene rings is 2. The van der Waals surface area contributed by atoms with Crippen LogP contribution in [0.4, 0.5) is 5.69 Å². The maximum Gasteiger partial charge on any atom is 0.224 e. The van der Waals surface area contributed by atoms with Gasteiger partial charge < -0.3 is 5.32 Å². The van der Waals surface area contributed by atoms with Gasteiger partial charge in [0.05, 0.1) is 4.90 Å². The summed E-state index contributed by atoms with van der Waals surface area (Å²) in [6.45, 7) is 1.93. The Bertz CT molecular complexity index is 814. The van der Waals surface area contributed by atoms with Crippen molar-refractivity contribution in [3.63, 3.8) is 0 Å². The number of carbonyl (C=O) groups is 1. The molecule has 1 N–H and O–H groups in total. The molecule has 122 valence electrons. The molecule has 0 heterocycles. The fraction of sp³-hybridized carbons (Fsp3) is 0.235. The Labute approximate surface area is 141 Å². The largest absolute Gasteiger partial charge is 0.326 e. The van der Waals surface area contributed by atoms with Gasteiger partial charge >= 0.3 is 0 Å². The highest BCUT2D eigenvalue weighted by Gasteiger charge is 2.08. The van der Waals surface area contributed by atoms with Crippen molar-refractivity contribution in [2.24, 2.45) is 0 Å². The normalized spacial score (nSPS) is 11.3. The summed E-state index contributed by atoms with van der Waals surface area (Å²) in [6, 6.07) is 11.9. The zero-order chi connectivity index (χ0) is 17.0. The summed E-state index contributed by atoms with van der Waals surface area (Å²) >= 11 is 6.06. The Morgan fingerprint density at radius 2 is 1.78 bits per heavy atom. The molecular formula is C17H18ClNO3S. The van der Waals surface area contributed by atoms with Gasteiger partial charge in [0.25, 0.3) is 0 Å². The lowest BCUT2D eigenvalue weighted by atomic mass is 10.1. The molecular weight excluding hydrogens is 334 g/mol. The molecule has 2 aromatic rings. The van der Waals surface area contributed by atoms with Gasteiger partial charge in [-0.15, -0.1) is 0 Å². The Kier molecular flexibility index (Phi) is 5.44. The number of sulfone groups is 1. The van der Waals surface area contributed by atoms with Gasteiger partial charge in [0.2, 0.25) is 5.91 Å². The zero-order valence-corrected chi connectivity index (χ0v) is 14.5. The minimum Gasteiger partial charge on any atom is -0.326 e. The first kappa shape index (κ1) is 17.5. The lowest BCUT2D eigenvalue weighted by Gasteiger charge is -2.07. The van der Waals surface area contributed by atoms with E-state index >= 15 is 0 Å². The lowest BCUT2D eigenvalue weighted by molar-refractivity contribution is -0.116. The van der Waals surface area contributed by atoms with Crippen molar-refractivity contribution in [2.75, 3.05) is 11.6 Å². The zero-order valence-electron chi connectivity index (χ0n) is 13.0. The Morgan fingerprint density at radius 1 is 1.13 bits per heavy atom. The number of halogens is 1. The van der Waals surface area contributed by atoms with Crippen molar-refractivity contribution in [2.45, 2.75) is 24.7 Å². The minimum atomic E-state index is -3.23. The fourth-order valence-electron chi connectivity index (χ4n) is 2.06. The molecule has 4 nitrogen and oxygen atoms in total. The van der Waals surface area contributed by atoms with E-state index in [1.165, 1.54) is 12.1 Å². The summed E-state index contributed by atoms with van der Waals surface area (Å²) in [5.41, 5.74) is 2.58. The van der Waals surface area contributed by atoms with Crippen LogP contribution >= 0.6 is 11.6 Å². The van der Waals surface area contributed by atoms with Crippen LogP contribution in [0.5, 0.6) is 0 Å². The van der Waals surface area contributed by atoms with E-state index in [2.05, 4.69) is 5.32 Å². The monoisotopic (exact) mass is 351 g/mol. The first-order chi connectivity index (χ1) is 10.8. The number of nitrogens with one attached hydrogen (secondary N) is 1. The maximum atomic E-state index is 12.0. The van der Waals surface area contributed by atoms with Gasteiger partial charge in [-0.05, 0) is 54.8 Å². The van der Waals surface area contributed by atoms with E-state index in [9.17, 15) is 13.2 Å². The van der Waals surface area contributed by atoms with Crippen LogP contribution in [0.25, 0.3) is 0 Å². The molecule has 2 aromatic carbocycles. The molecule has 1 amide bonds. The SMILES string of the molecule is Cc1ccc(CCC(=O)Nc2ccc(S(C)(=O)=O)cc2)cc1Cl. The van der Waals surface area contributed by atoms with Gasteiger partial charge in [-0.1, -0.05) is 23.7 Å². The number of anilines is 1. The van der Waals surface area contributed by atoms with E-state index in [-0.39, 0.29) is 10.8 Å². The van der Waals surface area contributed by atoms with Crippen LogP contribution in [-0.2, 0) is 21.1 Å². The van der Waals surface area contributed by atoms with E-state index in [1.807, 2.05) is 25.1 Å². The molecule has 0 saturated carbocycles. The number of hydrogen-bond donors (Lipinski definition) is 1. The van der Waals surface area contributed by atoms with Gasteiger partial charge in [0.15, 0.2) is 9.84 Å². The molecule has 0 aliphatic carbocycles. The number of amides is 1. The molecule has 23 heavy (non-hydrogen) atoms. The Morgan fingerprint density at radius 3 is 2.35 bits per heavy atom. The topological polar surface area (TPSA) is 63.2 Å². The van der Waals surface area contributed by atoms with E-state index < -0.39 is 9.84 Å². The third kappa shape index (κ3) is 5.08. The van der Waals surface area contributed by atoms with Gasteiger partial charge in [0, 0.05) is 23.4 Å². The smallest absolute Gasteiger partial charge is 0.224 e. The van der Waals surface area contributed by atoms with Crippen molar-refractivity contribution in [3.05, 3.63) is 58.6 Å². The van der Waals surface area contributed by atoms with Crippen LogP contribution in [0, 0.1) is 6.92 Å². The molecule has 0 aromatic heterocycles. The molecule has 0 saturated heterocycles. The predicted octanol–water partition coefficient (Wildman–Crippen LogP) is 3.62. The van der Waals surface area contributed by atoms with Crippen molar-refractivity contribution in [3.8, 4) is 0 Å². The van der Waals surface area contributed by atoms with Gasteiger partial charge in [-0.3, -0.25) is 4.79 Å². The number of hydrogen-bond acceptors (Lipinski definition) is 3. The molecule has 0 fully saturated rings.